The maximum atomic E-state index is 13.4. The second-order valence-electron chi connectivity index (χ2n) is 4.00. The highest BCUT2D eigenvalue weighted by Crippen LogP contribution is 2.24. The molecule has 2 aromatic rings. The van der Waals surface area contributed by atoms with E-state index in [2.05, 4.69) is 22.4 Å². The minimum Gasteiger partial charge on any atom is -0.338 e. The number of aromatic nitrogens is 2. The Balaban J connectivity index is 1.85. The Kier molecular flexibility index (Phi) is 5.35. The molecule has 0 fully saturated rings. The van der Waals surface area contributed by atoms with Gasteiger partial charge in [0.2, 0.25) is 5.89 Å². The van der Waals surface area contributed by atoms with E-state index in [4.69, 9.17) is 4.52 Å². The Hall–Kier alpha value is -1.40. The van der Waals surface area contributed by atoms with Crippen LogP contribution in [-0.4, -0.2) is 16.7 Å². The zero-order valence-corrected chi connectivity index (χ0v) is 11.5. The molecule has 0 aliphatic carbocycles. The van der Waals surface area contributed by atoms with E-state index in [1.807, 2.05) is 6.07 Å². The van der Waals surface area contributed by atoms with Crippen molar-refractivity contribution in [1.29, 1.82) is 0 Å². The Labute approximate surface area is 115 Å². The minimum atomic E-state index is -0.221. The molecule has 0 unspecified atom stereocenters. The summed E-state index contributed by atoms with van der Waals surface area (Å²) in [6, 6.07) is 6.66. The lowest BCUT2D eigenvalue weighted by atomic mass is 10.3. The Morgan fingerprint density at radius 3 is 3.00 bits per heavy atom. The van der Waals surface area contributed by atoms with Gasteiger partial charge in [0.15, 0.2) is 5.82 Å². The number of halogens is 1. The fraction of sp³-hybridized carbons (Fsp3) is 0.385. The largest absolute Gasteiger partial charge is 0.338 e. The van der Waals surface area contributed by atoms with Gasteiger partial charge in [0.25, 0.3) is 0 Å². The van der Waals surface area contributed by atoms with Crippen LogP contribution >= 0.6 is 11.8 Å². The van der Waals surface area contributed by atoms with Gasteiger partial charge in [-0.2, -0.15) is 4.98 Å². The third-order valence-electron chi connectivity index (χ3n) is 2.41. The molecular weight excluding hydrogens is 265 g/mol. The Morgan fingerprint density at radius 1 is 1.37 bits per heavy atom. The summed E-state index contributed by atoms with van der Waals surface area (Å²) in [6.45, 7) is 3.59. The summed E-state index contributed by atoms with van der Waals surface area (Å²) >= 11 is 1.36. The molecule has 0 aliphatic heterocycles. The van der Waals surface area contributed by atoms with E-state index >= 15 is 0 Å². The molecule has 2 rings (SSSR count). The third-order valence-corrected chi connectivity index (χ3v) is 3.45. The second-order valence-corrected chi connectivity index (χ2v) is 5.02. The highest BCUT2D eigenvalue weighted by atomic mass is 32.2. The molecular formula is C13H16FN3OS. The lowest BCUT2D eigenvalue weighted by molar-refractivity contribution is 0.364. The molecule has 6 heteroatoms. The van der Waals surface area contributed by atoms with Gasteiger partial charge in [0.1, 0.15) is 5.82 Å². The Morgan fingerprint density at radius 2 is 2.21 bits per heavy atom. The number of hydrogen-bond donors (Lipinski definition) is 1. The number of nitrogens with one attached hydrogen (secondary N) is 1. The monoisotopic (exact) mass is 281 g/mol. The lowest BCUT2D eigenvalue weighted by Gasteiger charge is -1.99. The van der Waals surface area contributed by atoms with Crippen molar-refractivity contribution in [2.45, 2.75) is 30.5 Å². The van der Waals surface area contributed by atoms with Gasteiger partial charge in [-0.25, -0.2) is 4.39 Å². The van der Waals surface area contributed by atoms with Crippen molar-refractivity contribution >= 4 is 11.8 Å². The predicted octanol–water partition coefficient (Wildman–Crippen LogP) is 3.00. The first-order valence-electron chi connectivity index (χ1n) is 6.19. The van der Waals surface area contributed by atoms with E-state index in [0.717, 1.165) is 13.0 Å². The number of nitrogens with zero attached hydrogens (tertiary/aromatic N) is 2. The molecule has 0 atom stereocenters. The SMILES string of the molecule is CCCNCc1nc(CSc2ccccc2F)no1. The summed E-state index contributed by atoms with van der Waals surface area (Å²) in [6.07, 6.45) is 1.06. The normalized spacial score (nSPS) is 10.8. The van der Waals surface area contributed by atoms with Gasteiger partial charge in [-0.1, -0.05) is 24.2 Å². The molecule has 102 valence electrons. The van der Waals surface area contributed by atoms with Crippen molar-refractivity contribution in [2.75, 3.05) is 6.54 Å². The van der Waals surface area contributed by atoms with Crippen molar-refractivity contribution in [1.82, 2.24) is 15.5 Å². The van der Waals surface area contributed by atoms with E-state index in [1.54, 1.807) is 12.1 Å². The molecule has 0 saturated carbocycles. The molecule has 0 spiro atoms. The summed E-state index contributed by atoms with van der Waals surface area (Å²) in [4.78, 5) is 4.84. The average Bonchev–Trinajstić information content (AvgIpc) is 2.86. The summed E-state index contributed by atoms with van der Waals surface area (Å²) in [7, 11) is 0. The van der Waals surface area contributed by atoms with Crippen LogP contribution in [0.2, 0.25) is 0 Å². The fourth-order valence-electron chi connectivity index (χ4n) is 1.50. The van der Waals surface area contributed by atoms with Crippen LogP contribution in [0.5, 0.6) is 0 Å². The van der Waals surface area contributed by atoms with Crippen LogP contribution in [-0.2, 0) is 12.3 Å². The van der Waals surface area contributed by atoms with Gasteiger partial charge < -0.3 is 9.84 Å². The molecule has 1 aromatic heterocycles. The van der Waals surface area contributed by atoms with Gasteiger partial charge in [-0.15, -0.1) is 11.8 Å². The first-order chi connectivity index (χ1) is 9.29. The van der Waals surface area contributed by atoms with Gasteiger partial charge in [0, 0.05) is 4.90 Å². The van der Waals surface area contributed by atoms with Gasteiger partial charge in [-0.3, -0.25) is 0 Å². The van der Waals surface area contributed by atoms with Crippen LogP contribution in [0.4, 0.5) is 4.39 Å². The quantitative estimate of drug-likeness (QED) is 0.624. The zero-order chi connectivity index (χ0) is 13.5. The fourth-order valence-corrected chi connectivity index (χ4v) is 2.28. The van der Waals surface area contributed by atoms with Crippen LogP contribution in [0, 0.1) is 5.82 Å². The molecule has 0 amide bonds. The maximum Gasteiger partial charge on any atom is 0.240 e. The summed E-state index contributed by atoms with van der Waals surface area (Å²) in [5.41, 5.74) is 0. The topological polar surface area (TPSA) is 51.0 Å². The molecule has 1 N–H and O–H groups in total. The first kappa shape index (κ1) is 14.0. The van der Waals surface area contributed by atoms with Crippen LogP contribution in [0.3, 0.4) is 0 Å². The van der Waals surface area contributed by atoms with E-state index < -0.39 is 0 Å². The maximum absolute atomic E-state index is 13.4. The number of hydrogen-bond acceptors (Lipinski definition) is 5. The van der Waals surface area contributed by atoms with Crippen LogP contribution in [0.25, 0.3) is 0 Å². The summed E-state index contributed by atoms with van der Waals surface area (Å²) in [5.74, 6) is 1.43. The second kappa shape index (κ2) is 7.25. The third kappa shape index (κ3) is 4.33. The molecule has 0 aliphatic rings. The first-order valence-corrected chi connectivity index (χ1v) is 7.17. The number of rotatable bonds is 7. The van der Waals surface area contributed by atoms with Crippen molar-refractivity contribution in [3.05, 3.63) is 41.8 Å². The van der Waals surface area contributed by atoms with E-state index in [9.17, 15) is 4.39 Å². The predicted molar refractivity (Wildman–Crippen MR) is 72.3 cm³/mol. The van der Waals surface area contributed by atoms with E-state index in [0.29, 0.717) is 28.9 Å². The molecule has 19 heavy (non-hydrogen) atoms. The van der Waals surface area contributed by atoms with Gasteiger partial charge >= 0.3 is 0 Å². The molecule has 0 saturated heterocycles. The summed E-state index contributed by atoms with van der Waals surface area (Å²) < 4.78 is 18.5. The molecule has 1 heterocycles. The number of benzene rings is 1. The lowest BCUT2D eigenvalue weighted by Crippen LogP contribution is -2.13. The smallest absolute Gasteiger partial charge is 0.240 e. The highest BCUT2D eigenvalue weighted by Gasteiger charge is 2.08. The molecule has 0 radical (unpaired) electrons. The van der Waals surface area contributed by atoms with E-state index in [-0.39, 0.29) is 5.82 Å². The molecule has 0 bridgehead atoms. The standard InChI is InChI=1S/C13H16FN3OS/c1-2-7-15-8-13-16-12(17-18-13)9-19-11-6-4-3-5-10(11)14/h3-6,15H,2,7-9H2,1H3. The van der Waals surface area contributed by atoms with Crippen LogP contribution < -0.4 is 5.32 Å². The van der Waals surface area contributed by atoms with E-state index in [1.165, 1.54) is 17.8 Å². The number of thioether (sulfide) groups is 1. The summed E-state index contributed by atoms with van der Waals surface area (Å²) in [5, 5.41) is 7.05. The van der Waals surface area contributed by atoms with Crippen molar-refractivity contribution in [3.63, 3.8) is 0 Å². The minimum absolute atomic E-state index is 0.221. The van der Waals surface area contributed by atoms with Crippen LogP contribution in [0.15, 0.2) is 33.7 Å². The van der Waals surface area contributed by atoms with Crippen molar-refractivity contribution in [3.8, 4) is 0 Å². The highest BCUT2D eigenvalue weighted by molar-refractivity contribution is 7.98. The molecule has 4 nitrogen and oxygen atoms in total. The van der Waals surface area contributed by atoms with Crippen molar-refractivity contribution < 1.29 is 8.91 Å². The average molecular weight is 281 g/mol. The Bertz CT molecular complexity index is 518. The van der Waals surface area contributed by atoms with Gasteiger partial charge in [-0.05, 0) is 25.1 Å². The zero-order valence-electron chi connectivity index (χ0n) is 10.7. The molecule has 1 aromatic carbocycles. The van der Waals surface area contributed by atoms with Gasteiger partial charge in [0.05, 0.1) is 12.3 Å². The van der Waals surface area contributed by atoms with Crippen molar-refractivity contribution in [2.24, 2.45) is 0 Å². The van der Waals surface area contributed by atoms with Crippen LogP contribution in [0.1, 0.15) is 25.1 Å².